The Balaban J connectivity index is 2.33. The second kappa shape index (κ2) is 6.53. The van der Waals surface area contributed by atoms with Crippen molar-refractivity contribution in [2.24, 2.45) is 5.73 Å². The number of hydrogen-bond donors (Lipinski definition) is 2. The molecule has 15 heavy (non-hydrogen) atoms. The van der Waals surface area contributed by atoms with E-state index in [2.05, 4.69) is 5.32 Å². The second-order valence-corrected chi connectivity index (χ2v) is 3.77. The SMILES string of the molecule is Cc1ccc(F)c(CNCCCCN)c1. The van der Waals surface area contributed by atoms with Gasteiger partial charge in [0, 0.05) is 12.1 Å². The smallest absolute Gasteiger partial charge is 0.127 e. The second-order valence-electron chi connectivity index (χ2n) is 3.77. The molecule has 3 heteroatoms. The van der Waals surface area contributed by atoms with Crippen LogP contribution in [-0.4, -0.2) is 13.1 Å². The highest BCUT2D eigenvalue weighted by Crippen LogP contribution is 2.09. The summed E-state index contributed by atoms with van der Waals surface area (Å²) >= 11 is 0. The van der Waals surface area contributed by atoms with E-state index in [9.17, 15) is 4.39 Å². The standard InChI is InChI=1S/C12H19FN2/c1-10-4-5-12(13)11(8-10)9-15-7-3-2-6-14/h4-5,8,15H,2-3,6-7,9,14H2,1H3. The molecule has 1 rings (SSSR count). The molecule has 0 saturated heterocycles. The molecule has 0 saturated carbocycles. The summed E-state index contributed by atoms with van der Waals surface area (Å²) < 4.78 is 13.3. The molecule has 0 aliphatic carbocycles. The largest absolute Gasteiger partial charge is 0.330 e. The first-order valence-electron chi connectivity index (χ1n) is 5.40. The zero-order valence-corrected chi connectivity index (χ0v) is 9.22. The average molecular weight is 210 g/mol. The Morgan fingerprint density at radius 2 is 2.13 bits per heavy atom. The Morgan fingerprint density at radius 1 is 1.33 bits per heavy atom. The molecule has 0 fully saturated rings. The van der Waals surface area contributed by atoms with Crippen molar-refractivity contribution in [1.29, 1.82) is 0 Å². The van der Waals surface area contributed by atoms with Crippen LogP contribution in [-0.2, 0) is 6.54 Å². The maximum atomic E-state index is 13.3. The fraction of sp³-hybridized carbons (Fsp3) is 0.500. The van der Waals surface area contributed by atoms with Gasteiger partial charge < -0.3 is 11.1 Å². The van der Waals surface area contributed by atoms with Crippen molar-refractivity contribution in [2.75, 3.05) is 13.1 Å². The minimum absolute atomic E-state index is 0.132. The molecule has 3 N–H and O–H groups in total. The molecule has 0 spiro atoms. The molecule has 2 nitrogen and oxygen atoms in total. The van der Waals surface area contributed by atoms with Gasteiger partial charge in [-0.3, -0.25) is 0 Å². The highest BCUT2D eigenvalue weighted by molar-refractivity contribution is 5.23. The van der Waals surface area contributed by atoms with Crippen molar-refractivity contribution in [1.82, 2.24) is 5.32 Å². The summed E-state index contributed by atoms with van der Waals surface area (Å²) in [5.41, 5.74) is 7.21. The van der Waals surface area contributed by atoms with Crippen molar-refractivity contribution in [2.45, 2.75) is 26.3 Å². The van der Waals surface area contributed by atoms with Crippen molar-refractivity contribution in [3.05, 3.63) is 35.1 Å². The maximum Gasteiger partial charge on any atom is 0.127 e. The summed E-state index contributed by atoms with van der Waals surface area (Å²) in [7, 11) is 0. The normalized spacial score (nSPS) is 10.6. The highest BCUT2D eigenvalue weighted by Gasteiger charge is 2.00. The molecular weight excluding hydrogens is 191 g/mol. The molecule has 0 aliphatic rings. The van der Waals surface area contributed by atoms with E-state index in [1.807, 2.05) is 13.0 Å². The Hall–Kier alpha value is -0.930. The summed E-state index contributed by atoms with van der Waals surface area (Å²) in [6, 6.07) is 5.19. The lowest BCUT2D eigenvalue weighted by atomic mass is 10.1. The number of unbranched alkanes of at least 4 members (excludes halogenated alkanes) is 1. The summed E-state index contributed by atoms with van der Waals surface area (Å²) in [5.74, 6) is -0.132. The van der Waals surface area contributed by atoms with Gasteiger partial charge in [0.1, 0.15) is 5.82 Å². The van der Waals surface area contributed by atoms with Crippen LogP contribution in [0.15, 0.2) is 18.2 Å². The van der Waals surface area contributed by atoms with Gasteiger partial charge in [-0.25, -0.2) is 4.39 Å². The summed E-state index contributed by atoms with van der Waals surface area (Å²) in [5, 5.41) is 3.21. The van der Waals surface area contributed by atoms with Crippen LogP contribution in [0.3, 0.4) is 0 Å². The van der Waals surface area contributed by atoms with E-state index in [1.54, 1.807) is 6.07 Å². The van der Waals surface area contributed by atoms with E-state index in [-0.39, 0.29) is 5.82 Å². The summed E-state index contributed by atoms with van der Waals surface area (Å²) in [6.07, 6.45) is 2.06. The van der Waals surface area contributed by atoms with Crippen molar-refractivity contribution in [3.8, 4) is 0 Å². The van der Waals surface area contributed by atoms with E-state index in [0.717, 1.165) is 37.1 Å². The zero-order chi connectivity index (χ0) is 11.1. The molecule has 0 atom stereocenters. The predicted octanol–water partition coefficient (Wildman–Crippen LogP) is 1.96. The fourth-order valence-corrected chi connectivity index (χ4v) is 1.46. The summed E-state index contributed by atoms with van der Waals surface area (Å²) in [6.45, 7) is 4.18. The monoisotopic (exact) mass is 210 g/mol. The molecule has 0 aliphatic heterocycles. The number of aryl methyl sites for hydroxylation is 1. The van der Waals surface area contributed by atoms with Crippen LogP contribution in [0.25, 0.3) is 0 Å². The van der Waals surface area contributed by atoms with Gasteiger partial charge >= 0.3 is 0 Å². The van der Waals surface area contributed by atoms with Crippen molar-refractivity contribution < 1.29 is 4.39 Å². The van der Waals surface area contributed by atoms with Crippen molar-refractivity contribution in [3.63, 3.8) is 0 Å². The van der Waals surface area contributed by atoms with Gasteiger partial charge in [0.25, 0.3) is 0 Å². The number of nitrogens with two attached hydrogens (primary N) is 1. The summed E-state index contributed by atoms with van der Waals surface area (Å²) in [4.78, 5) is 0. The third-order valence-electron chi connectivity index (χ3n) is 2.32. The lowest BCUT2D eigenvalue weighted by Crippen LogP contribution is -2.16. The zero-order valence-electron chi connectivity index (χ0n) is 9.22. The molecule has 0 unspecified atom stereocenters. The first-order valence-corrected chi connectivity index (χ1v) is 5.40. The minimum atomic E-state index is -0.132. The van der Waals surface area contributed by atoms with Crippen LogP contribution >= 0.6 is 0 Å². The highest BCUT2D eigenvalue weighted by atomic mass is 19.1. The van der Waals surface area contributed by atoms with Crippen LogP contribution < -0.4 is 11.1 Å². The first kappa shape index (κ1) is 12.1. The molecule has 0 aromatic heterocycles. The third kappa shape index (κ3) is 4.40. The lowest BCUT2D eigenvalue weighted by Gasteiger charge is -2.06. The Kier molecular flexibility index (Phi) is 5.29. The van der Waals surface area contributed by atoms with Gasteiger partial charge in [-0.1, -0.05) is 17.7 Å². The first-order chi connectivity index (χ1) is 7.24. The number of benzene rings is 1. The Morgan fingerprint density at radius 3 is 2.87 bits per heavy atom. The van der Waals surface area contributed by atoms with E-state index in [0.29, 0.717) is 6.54 Å². The molecular formula is C12H19FN2. The van der Waals surface area contributed by atoms with Crippen LogP contribution in [0.5, 0.6) is 0 Å². The quantitative estimate of drug-likeness (QED) is 0.704. The number of halogens is 1. The lowest BCUT2D eigenvalue weighted by molar-refractivity contribution is 0.576. The van der Waals surface area contributed by atoms with Gasteiger partial charge in [-0.15, -0.1) is 0 Å². The Bertz CT molecular complexity index is 300. The van der Waals surface area contributed by atoms with Crippen LogP contribution in [0, 0.1) is 12.7 Å². The van der Waals surface area contributed by atoms with Crippen molar-refractivity contribution >= 4 is 0 Å². The number of hydrogen-bond acceptors (Lipinski definition) is 2. The van der Waals surface area contributed by atoms with Gasteiger partial charge in [-0.2, -0.15) is 0 Å². The average Bonchev–Trinajstić information content (AvgIpc) is 2.23. The third-order valence-corrected chi connectivity index (χ3v) is 2.32. The van der Waals surface area contributed by atoms with Gasteiger partial charge in [0.15, 0.2) is 0 Å². The maximum absolute atomic E-state index is 13.3. The van der Waals surface area contributed by atoms with E-state index < -0.39 is 0 Å². The van der Waals surface area contributed by atoms with E-state index in [1.165, 1.54) is 6.07 Å². The van der Waals surface area contributed by atoms with Crippen LogP contribution in [0.2, 0.25) is 0 Å². The molecule has 0 bridgehead atoms. The number of nitrogens with one attached hydrogen (secondary N) is 1. The Labute approximate surface area is 90.7 Å². The predicted molar refractivity (Wildman–Crippen MR) is 61.1 cm³/mol. The van der Waals surface area contributed by atoms with Gasteiger partial charge in [0.05, 0.1) is 0 Å². The molecule has 0 heterocycles. The van der Waals surface area contributed by atoms with E-state index >= 15 is 0 Å². The molecule has 1 aromatic carbocycles. The van der Waals surface area contributed by atoms with Gasteiger partial charge in [0.2, 0.25) is 0 Å². The molecule has 84 valence electrons. The number of rotatable bonds is 6. The van der Waals surface area contributed by atoms with Gasteiger partial charge in [-0.05, 0) is 38.9 Å². The topological polar surface area (TPSA) is 38.0 Å². The van der Waals surface area contributed by atoms with Crippen LogP contribution in [0.4, 0.5) is 4.39 Å². The molecule has 1 aromatic rings. The minimum Gasteiger partial charge on any atom is -0.330 e. The van der Waals surface area contributed by atoms with Crippen LogP contribution in [0.1, 0.15) is 24.0 Å². The van der Waals surface area contributed by atoms with E-state index in [4.69, 9.17) is 5.73 Å². The fourth-order valence-electron chi connectivity index (χ4n) is 1.46. The molecule has 0 amide bonds. The molecule has 0 radical (unpaired) electrons.